The molecule has 0 amide bonds. The maximum Gasteiger partial charge on any atom is 0.309 e. The van der Waals surface area contributed by atoms with Crippen LogP contribution in [0.2, 0.25) is 5.02 Å². The molecule has 0 bridgehead atoms. The van der Waals surface area contributed by atoms with Gasteiger partial charge in [0.05, 0.1) is 29.2 Å². The number of fused-ring (bicyclic) bond motifs is 1. The van der Waals surface area contributed by atoms with Crippen molar-refractivity contribution in [3.05, 3.63) is 35.0 Å². The van der Waals surface area contributed by atoms with Gasteiger partial charge in [-0.2, -0.15) is 0 Å². The SMILES string of the molecule is COc1ccc2ncc(Cl)c(C(O)CCC3(C(=O)O)CCN(CCC4CCCC4)CC3)c2c1. The molecule has 0 radical (unpaired) electrons. The van der Waals surface area contributed by atoms with Crippen LogP contribution in [-0.4, -0.2) is 52.8 Å². The van der Waals surface area contributed by atoms with Crippen molar-refractivity contribution >= 4 is 28.5 Å². The van der Waals surface area contributed by atoms with Crippen LogP contribution in [0.4, 0.5) is 0 Å². The van der Waals surface area contributed by atoms with E-state index in [0.717, 1.165) is 36.5 Å². The second-order valence-electron chi connectivity index (χ2n) is 9.82. The number of hydrogen-bond acceptors (Lipinski definition) is 5. The van der Waals surface area contributed by atoms with Crippen LogP contribution in [-0.2, 0) is 4.79 Å². The smallest absolute Gasteiger partial charge is 0.309 e. The molecule has 1 saturated carbocycles. The fourth-order valence-corrected chi connectivity index (χ4v) is 5.91. The van der Waals surface area contributed by atoms with Crippen molar-refractivity contribution in [2.45, 2.75) is 63.9 Å². The van der Waals surface area contributed by atoms with Crippen LogP contribution in [0.3, 0.4) is 0 Å². The number of pyridine rings is 1. The Balaban J connectivity index is 1.41. The van der Waals surface area contributed by atoms with Gasteiger partial charge in [0.1, 0.15) is 5.75 Å². The van der Waals surface area contributed by atoms with Crippen molar-refractivity contribution in [1.82, 2.24) is 9.88 Å². The van der Waals surface area contributed by atoms with Gasteiger partial charge >= 0.3 is 5.97 Å². The minimum Gasteiger partial charge on any atom is -0.497 e. The van der Waals surface area contributed by atoms with E-state index in [1.165, 1.54) is 32.1 Å². The van der Waals surface area contributed by atoms with Gasteiger partial charge in [0.25, 0.3) is 0 Å². The standard InChI is InChI=1S/C26H35ClN2O4/c1-33-19-6-7-22-20(16-19)24(21(27)17-28-22)23(30)8-10-26(25(31)32)11-14-29(15-12-26)13-9-18-4-2-3-5-18/h6-7,16-18,23,30H,2-5,8-15H2,1H3,(H,31,32). The number of piperidine rings is 1. The van der Waals surface area contributed by atoms with Crippen molar-refractivity contribution in [2.24, 2.45) is 11.3 Å². The third-order valence-corrected chi connectivity index (χ3v) is 8.19. The summed E-state index contributed by atoms with van der Waals surface area (Å²) in [4.78, 5) is 19.1. The molecular weight excluding hydrogens is 440 g/mol. The van der Waals surface area contributed by atoms with Crippen molar-refractivity contribution in [1.29, 1.82) is 0 Å². The number of hydrogen-bond donors (Lipinski definition) is 2. The number of aromatic nitrogens is 1. The van der Waals surface area contributed by atoms with Gasteiger partial charge in [-0.3, -0.25) is 9.78 Å². The Hall–Kier alpha value is -1.89. The number of halogens is 1. The molecule has 1 saturated heterocycles. The van der Waals surface area contributed by atoms with Crippen molar-refractivity contribution < 1.29 is 19.7 Å². The summed E-state index contributed by atoms with van der Waals surface area (Å²) in [7, 11) is 1.59. The Labute approximate surface area is 200 Å². The van der Waals surface area contributed by atoms with Crippen molar-refractivity contribution in [2.75, 3.05) is 26.7 Å². The van der Waals surface area contributed by atoms with Gasteiger partial charge in [-0.15, -0.1) is 0 Å². The number of aliphatic carboxylic acids is 1. The minimum atomic E-state index is -0.869. The average Bonchev–Trinajstić information content (AvgIpc) is 3.35. The molecule has 1 atom stereocenters. The summed E-state index contributed by atoms with van der Waals surface area (Å²) in [6, 6.07) is 5.47. The van der Waals surface area contributed by atoms with E-state index in [4.69, 9.17) is 16.3 Å². The number of benzene rings is 1. The van der Waals surface area contributed by atoms with Crippen molar-refractivity contribution in [3.63, 3.8) is 0 Å². The first kappa shape index (κ1) is 24.2. The van der Waals surface area contributed by atoms with Gasteiger partial charge in [-0.1, -0.05) is 37.3 Å². The first-order valence-corrected chi connectivity index (χ1v) is 12.6. The number of ether oxygens (including phenoxy) is 1. The van der Waals surface area contributed by atoms with Crippen molar-refractivity contribution in [3.8, 4) is 5.75 Å². The highest BCUT2D eigenvalue weighted by molar-refractivity contribution is 6.32. The average molecular weight is 475 g/mol. The van der Waals surface area contributed by atoms with Crippen LogP contribution in [0.15, 0.2) is 24.4 Å². The Kier molecular flexibility index (Phi) is 7.77. The lowest BCUT2D eigenvalue weighted by Gasteiger charge is -2.39. The quantitative estimate of drug-likeness (QED) is 0.502. The number of methoxy groups -OCH3 is 1. The topological polar surface area (TPSA) is 82.9 Å². The summed E-state index contributed by atoms with van der Waals surface area (Å²) in [5.74, 6) is 0.759. The Morgan fingerprint density at radius 2 is 2.03 bits per heavy atom. The first-order valence-electron chi connectivity index (χ1n) is 12.2. The summed E-state index contributed by atoms with van der Waals surface area (Å²) in [6.45, 7) is 2.69. The van der Waals surface area contributed by atoms with E-state index in [-0.39, 0.29) is 0 Å². The Morgan fingerprint density at radius 1 is 1.30 bits per heavy atom. The lowest BCUT2D eigenvalue weighted by atomic mass is 9.74. The molecule has 2 aromatic rings. The second-order valence-corrected chi connectivity index (χ2v) is 10.2. The van der Waals surface area contributed by atoms with E-state index in [1.807, 2.05) is 18.2 Å². The number of carbonyl (C=O) groups is 1. The number of carboxylic acids is 1. The zero-order valence-electron chi connectivity index (χ0n) is 19.4. The molecule has 0 spiro atoms. The summed E-state index contributed by atoms with van der Waals surface area (Å²) >= 11 is 6.43. The molecule has 4 rings (SSSR count). The molecule has 180 valence electrons. The Morgan fingerprint density at radius 3 is 2.70 bits per heavy atom. The number of carboxylic acid groups (broad SMARTS) is 1. The highest BCUT2D eigenvalue weighted by Crippen LogP contribution is 2.41. The highest BCUT2D eigenvalue weighted by Gasteiger charge is 2.41. The monoisotopic (exact) mass is 474 g/mol. The number of likely N-dealkylation sites (tertiary alicyclic amines) is 1. The molecule has 1 aromatic heterocycles. The van der Waals surface area contributed by atoms with Crippen LogP contribution >= 0.6 is 11.6 Å². The predicted octanol–water partition coefficient (Wildman–Crippen LogP) is 5.46. The summed E-state index contributed by atoms with van der Waals surface area (Å²) < 4.78 is 5.33. The van der Waals surface area contributed by atoms with Gasteiger partial charge in [0.2, 0.25) is 0 Å². The van der Waals surface area contributed by atoms with Crippen LogP contribution in [0.5, 0.6) is 5.75 Å². The molecular formula is C26H35ClN2O4. The van der Waals surface area contributed by atoms with Gasteiger partial charge in [-0.25, -0.2) is 0 Å². The molecule has 2 heterocycles. The van der Waals surface area contributed by atoms with E-state index in [2.05, 4.69) is 9.88 Å². The zero-order chi connectivity index (χ0) is 23.4. The normalized spacial score (nSPS) is 20.2. The lowest BCUT2D eigenvalue weighted by Crippen LogP contribution is -2.45. The van der Waals surface area contributed by atoms with E-state index in [1.54, 1.807) is 13.3 Å². The van der Waals surface area contributed by atoms with E-state index in [0.29, 0.717) is 42.0 Å². The first-order chi connectivity index (χ1) is 15.9. The predicted molar refractivity (Wildman–Crippen MR) is 130 cm³/mol. The molecule has 2 N–H and O–H groups in total. The van der Waals surface area contributed by atoms with E-state index < -0.39 is 17.5 Å². The Bertz CT molecular complexity index is 968. The van der Waals surface area contributed by atoms with Crippen LogP contribution in [0, 0.1) is 11.3 Å². The largest absolute Gasteiger partial charge is 0.497 e. The van der Waals surface area contributed by atoms with Gasteiger partial charge in [-0.05, 0) is 75.9 Å². The second kappa shape index (κ2) is 10.6. The molecule has 1 unspecified atom stereocenters. The third kappa shape index (κ3) is 5.44. The molecule has 6 nitrogen and oxygen atoms in total. The summed E-state index contributed by atoms with van der Waals surface area (Å²) in [6.07, 6.45) is 9.33. The fraction of sp³-hybridized carbons (Fsp3) is 0.615. The molecule has 7 heteroatoms. The fourth-order valence-electron chi connectivity index (χ4n) is 5.63. The van der Waals surface area contributed by atoms with E-state index >= 15 is 0 Å². The summed E-state index contributed by atoms with van der Waals surface area (Å²) in [5.41, 5.74) is 0.519. The number of aliphatic hydroxyl groups is 1. The number of rotatable bonds is 9. The van der Waals surface area contributed by atoms with Crippen LogP contribution in [0.1, 0.15) is 69.5 Å². The van der Waals surface area contributed by atoms with Gasteiger partial charge in [0.15, 0.2) is 0 Å². The highest BCUT2D eigenvalue weighted by atomic mass is 35.5. The number of nitrogens with zero attached hydrogens (tertiary/aromatic N) is 2. The third-order valence-electron chi connectivity index (χ3n) is 7.89. The molecule has 1 aliphatic heterocycles. The van der Waals surface area contributed by atoms with Crippen LogP contribution in [0.25, 0.3) is 10.9 Å². The summed E-state index contributed by atoms with van der Waals surface area (Å²) in [5, 5.41) is 22.3. The number of aliphatic hydroxyl groups excluding tert-OH is 1. The molecule has 33 heavy (non-hydrogen) atoms. The van der Waals surface area contributed by atoms with Gasteiger partial charge < -0.3 is 19.8 Å². The maximum absolute atomic E-state index is 12.3. The van der Waals surface area contributed by atoms with Crippen LogP contribution < -0.4 is 4.74 Å². The molecule has 2 fully saturated rings. The zero-order valence-corrected chi connectivity index (χ0v) is 20.2. The maximum atomic E-state index is 12.3. The van der Waals surface area contributed by atoms with E-state index in [9.17, 15) is 15.0 Å². The molecule has 2 aliphatic rings. The minimum absolute atomic E-state index is 0.338. The van der Waals surface area contributed by atoms with Gasteiger partial charge in [0, 0.05) is 17.1 Å². The lowest BCUT2D eigenvalue weighted by molar-refractivity contribution is -0.153. The molecule has 1 aromatic carbocycles. The molecule has 1 aliphatic carbocycles.